The Morgan fingerprint density at radius 2 is 0.963 bits per heavy atom. The van der Waals surface area contributed by atoms with E-state index in [2.05, 4.69) is 168 Å². The van der Waals surface area contributed by atoms with Crippen molar-refractivity contribution in [2.45, 2.75) is 24.2 Å². The van der Waals surface area contributed by atoms with Crippen LogP contribution in [0.3, 0.4) is 0 Å². The van der Waals surface area contributed by atoms with Crippen molar-refractivity contribution in [1.29, 1.82) is 0 Å². The highest BCUT2D eigenvalue weighted by atomic mass is 79.9. The summed E-state index contributed by atoms with van der Waals surface area (Å²) in [6, 6.07) is 20.7. The lowest BCUT2D eigenvalue weighted by molar-refractivity contribution is 0.608. The maximum atomic E-state index is 4.10. The summed E-state index contributed by atoms with van der Waals surface area (Å²) in [7, 11) is 0. The summed E-state index contributed by atoms with van der Waals surface area (Å²) in [6.45, 7) is 0. The zero-order chi connectivity index (χ0) is 20.5. The molecule has 27 heavy (non-hydrogen) atoms. The quantitative estimate of drug-likeness (QED) is 0.243. The summed E-state index contributed by atoms with van der Waals surface area (Å²) >= 11 is 34.8. The Morgan fingerprint density at radius 3 is 1.30 bits per heavy atom. The molecule has 2 aromatic rings. The molecule has 0 aliphatic carbocycles. The van der Waals surface area contributed by atoms with Gasteiger partial charge in [-0.3, -0.25) is 0 Å². The van der Waals surface area contributed by atoms with Crippen LogP contribution in [0, 0.1) is 0 Å². The molecule has 9 heteroatoms. The molecule has 2 rings (SSSR count). The largest absolute Gasteiger partial charge is 0.130 e. The van der Waals surface area contributed by atoms with E-state index in [1.165, 1.54) is 0 Å². The fourth-order valence-corrected chi connectivity index (χ4v) is 10.3. The van der Waals surface area contributed by atoms with Crippen molar-refractivity contribution in [1.82, 2.24) is 0 Å². The molecule has 0 radical (unpaired) electrons. The van der Waals surface area contributed by atoms with Crippen molar-refractivity contribution in [2.75, 3.05) is 0 Å². The Labute approximate surface area is 235 Å². The van der Waals surface area contributed by atoms with E-state index in [0.29, 0.717) is 0 Å². The van der Waals surface area contributed by atoms with Gasteiger partial charge in [-0.1, -0.05) is 204 Å². The molecule has 2 unspecified atom stereocenters. The van der Waals surface area contributed by atoms with E-state index in [-0.39, 0.29) is 13.4 Å². The summed E-state index contributed by atoms with van der Waals surface area (Å²) in [5.74, 6) is 0. The van der Waals surface area contributed by atoms with Gasteiger partial charge in [0.1, 0.15) is 10.8 Å². The van der Waals surface area contributed by atoms with Crippen LogP contribution in [0.2, 0.25) is 0 Å². The number of alkyl halides is 9. The van der Waals surface area contributed by atoms with Gasteiger partial charge in [-0.05, 0) is 11.1 Å². The molecule has 0 fully saturated rings. The number of hydrogen-bond donors (Lipinski definition) is 0. The molecule has 148 valence electrons. The highest BCUT2D eigenvalue weighted by Gasteiger charge is 2.63. The van der Waals surface area contributed by atoms with Crippen molar-refractivity contribution in [3.05, 3.63) is 71.8 Å². The number of benzene rings is 2. The molecule has 2 aromatic carbocycles. The first kappa shape index (κ1) is 26.0. The minimum atomic E-state index is -0.697. The van der Waals surface area contributed by atoms with Crippen molar-refractivity contribution in [2.24, 2.45) is 0 Å². The molecule has 0 aliphatic heterocycles. The topological polar surface area (TPSA) is 0 Å². The normalized spacial score (nSPS) is 15.6. The SMILES string of the molecule is BrC(Br)C(Br)C(Br)C(Br)(Br)C(Br)(Br)C(Br)(c1ccccc1)c1ccccc1. The van der Waals surface area contributed by atoms with E-state index in [1.807, 2.05) is 36.4 Å². The van der Waals surface area contributed by atoms with Gasteiger partial charge in [-0.25, -0.2) is 0 Å². The van der Waals surface area contributed by atoms with E-state index < -0.39 is 10.8 Å². The summed E-state index contributed by atoms with van der Waals surface area (Å²) in [4.78, 5) is 0.0193. The van der Waals surface area contributed by atoms with Crippen molar-refractivity contribution < 1.29 is 0 Å². The third-order valence-electron chi connectivity index (χ3n) is 4.06. The maximum absolute atomic E-state index is 4.10. The predicted molar refractivity (Wildman–Crippen MR) is 151 cm³/mol. The lowest BCUT2D eigenvalue weighted by Gasteiger charge is -2.49. The standard InChI is InChI=1S/C18H13Br9/c19-13(15(21)22)14(20)17(24,25)18(26,27)16(23,11-7-3-1-4-8-11)12-9-5-2-6-10-12/h1-10,13-15H. The molecular formula is C18H13Br9. The van der Waals surface area contributed by atoms with Gasteiger partial charge in [0.15, 0.2) is 0 Å². The number of rotatable bonds is 7. The number of halogens is 9. The lowest BCUT2D eigenvalue weighted by Crippen LogP contribution is -2.56. The molecule has 0 nitrogen and oxygen atoms in total. The van der Waals surface area contributed by atoms with Gasteiger partial charge in [-0.15, -0.1) is 0 Å². The van der Waals surface area contributed by atoms with Gasteiger partial charge in [0, 0.05) is 0 Å². The second-order valence-electron chi connectivity index (χ2n) is 5.77. The van der Waals surface area contributed by atoms with Crippen LogP contribution in [-0.2, 0) is 4.32 Å². The molecule has 0 heterocycles. The molecule has 0 N–H and O–H groups in total. The average Bonchev–Trinajstić information content (AvgIpc) is 2.67. The monoisotopic (exact) mass is 939 g/mol. The van der Waals surface area contributed by atoms with Crippen molar-refractivity contribution >= 4 is 143 Å². The molecule has 0 aromatic heterocycles. The lowest BCUT2D eigenvalue weighted by atomic mass is 9.86. The fourth-order valence-electron chi connectivity index (χ4n) is 2.60. The third kappa shape index (κ3) is 5.23. The van der Waals surface area contributed by atoms with Crippen LogP contribution in [0.15, 0.2) is 60.7 Å². The molecule has 0 amide bonds. The van der Waals surface area contributed by atoms with Gasteiger partial charge in [0.2, 0.25) is 0 Å². The predicted octanol–water partition coefficient (Wildman–Crippen LogP) is 9.94. The smallest absolute Gasteiger partial charge is 0.0856 e. The van der Waals surface area contributed by atoms with Crippen molar-refractivity contribution in [3.63, 3.8) is 0 Å². The van der Waals surface area contributed by atoms with E-state index in [9.17, 15) is 0 Å². The molecule has 0 bridgehead atoms. The molecule has 0 saturated heterocycles. The summed E-state index contributed by atoms with van der Waals surface area (Å²) in [6.07, 6.45) is 0. The summed E-state index contributed by atoms with van der Waals surface area (Å²) in [5.41, 5.74) is 2.21. The zero-order valence-electron chi connectivity index (χ0n) is 13.4. The Kier molecular flexibility index (Phi) is 10.2. The Hall–Kier alpha value is 2.76. The maximum Gasteiger partial charge on any atom is 0.130 e. The Morgan fingerprint density at radius 1 is 0.593 bits per heavy atom. The molecule has 2 atom stereocenters. The minimum absolute atomic E-state index is 0.0446. The van der Waals surface area contributed by atoms with Crippen LogP contribution in [0.1, 0.15) is 11.1 Å². The van der Waals surface area contributed by atoms with Gasteiger partial charge in [0.25, 0.3) is 0 Å². The van der Waals surface area contributed by atoms with E-state index in [1.54, 1.807) is 0 Å². The highest BCUT2D eigenvalue weighted by Crippen LogP contribution is 2.66. The van der Waals surface area contributed by atoms with Gasteiger partial charge >= 0.3 is 0 Å². The molecule has 0 saturated carbocycles. The first-order valence-electron chi connectivity index (χ1n) is 7.59. The minimum Gasteiger partial charge on any atom is -0.0856 e. The zero-order valence-corrected chi connectivity index (χ0v) is 27.7. The van der Waals surface area contributed by atoms with Gasteiger partial charge in [0.05, 0.1) is 13.4 Å². The van der Waals surface area contributed by atoms with E-state index in [4.69, 9.17) is 0 Å². The second-order valence-corrected chi connectivity index (χ2v) is 19.2. The molecule has 0 spiro atoms. The molecule has 0 aliphatic rings. The van der Waals surface area contributed by atoms with Crippen LogP contribution < -0.4 is 0 Å². The third-order valence-corrected chi connectivity index (χ3v) is 20.2. The van der Waals surface area contributed by atoms with Crippen LogP contribution in [-0.4, -0.2) is 19.9 Å². The Balaban J connectivity index is 2.68. The second kappa shape index (κ2) is 10.6. The van der Waals surface area contributed by atoms with E-state index in [0.717, 1.165) is 11.1 Å². The van der Waals surface area contributed by atoms with Crippen LogP contribution in [0.5, 0.6) is 0 Å². The summed E-state index contributed by atoms with van der Waals surface area (Å²) < 4.78 is -1.87. The van der Waals surface area contributed by atoms with Gasteiger partial charge < -0.3 is 0 Å². The van der Waals surface area contributed by atoms with Crippen LogP contribution in [0.25, 0.3) is 0 Å². The summed E-state index contributed by atoms with van der Waals surface area (Å²) in [5, 5.41) is 0. The van der Waals surface area contributed by atoms with Gasteiger partial charge in [-0.2, -0.15) is 0 Å². The molecular weight excluding hydrogens is 935 g/mol. The average molecular weight is 948 g/mol. The fraction of sp³-hybridized carbons (Fsp3) is 0.333. The van der Waals surface area contributed by atoms with Crippen molar-refractivity contribution in [3.8, 4) is 0 Å². The first-order chi connectivity index (χ1) is 12.5. The first-order valence-corrected chi connectivity index (χ1v) is 15.2. The Bertz CT molecular complexity index is 692. The van der Waals surface area contributed by atoms with Crippen LogP contribution in [0.4, 0.5) is 0 Å². The van der Waals surface area contributed by atoms with Crippen LogP contribution >= 0.6 is 143 Å². The van der Waals surface area contributed by atoms with E-state index >= 15 is 0 Å². The number of hydrogen-bond acceptors (Lipinski definition) is 0. The highest BCUT2D eigenvalue weighted by molar-refractivity contribution is 9.31.